The van der Waals surface area contributed by atoms with Crippen LogP contribution in [-0.2, 0) is 19.1 Å². The SMILES string of the molecule is COC(=O)C1=C(O)C(C(=O)OC)C(c2ccc(F)cc2)C(C#N)(C#N)C1c1ccccc1. The highest BCUT2D eigenvalue weighted by atomic mass is 19.1. The van der Waals surface area contributed by atoms with Crippen molar-refractivity contribution >= 4 is 11.9 Å². The number of ether oxygens (including phenoxy) is 2. The fourth-order valence-electron chi connectivity index (χ4n) is 4.34. The van der Waals surface area contributed by atoms with Gasteiger partial charge in [0.1, 0.15) is 17.5 Å². The van der Waals surface area contributed by atoms with Gasteiger partial charge in [0.05, 0.1) is 37.8 Å². The van der Waals surface area contributed by atoms with Gasteiger partial charge in [0.25, 0.3) is 0 Å². The molecular formula is C24H19FN2O5. The normalized spacial score (nSPS) is 21.7. The van der Waals surface area contributed by atoms with Gasteiger partial charge in [-0.05, 0) is 23.3 Å². The lowest BCUT2D eigenvalue weighted by Crippen LogP contribution is -2.47. The number of hydrogen-bond acceptors (Lipinski definition) is 7. The number of hydrogen-bond donors (Lipinski definition) is 1. The summed E-state index contributed by atoms with van der Waals surface area (Å²) in [6, 6.07) is 17.1. The van der Waals surface area contributed by atoms with Gasteiger partial charge in [0.2, 0.25) is 0 Å². The molecule has 0 amide bonds. The highest BCUT2D eigenvalue weighted by Crippen LogP contribution is 2.58. The van der Waals surface area contributed by atoms with E-state index in [0.717, 1.165) is 26.4 Å². The summed E-state index contributed by atoms with van der Waals surface area (Å²) in [6.07, 6.45) is 0. The van der Waals surface area contributed by atoms with Crippen LogP contribution < -0.4 is 0 Å². The topological polar surface area (TPSA) is 120 Å². The predicted octanol–water partition coefficient (Wildman–Crippen LogP) is 3.51. The van der Waals surface area contributed by atoms with Crippen molar-refractivity contribution in [3.8, 4) is 12.1 Å². The molecule has 2 aromatic rings. The van der Waals surface area contributed by atoms with E-state index in [1.54, 1.807) is 30.3 Å². The lowest BCUT2D eigenvalue weighted by atomic mass is 9.54. The molecule has 7 nitrogen and oxygen atoms in total. The Morgan fingerprint density at radius 2 is 1.56 bits per heavy atom. The largest absolute Gasteiger partial charge is 0.511 e. The number of halogens is 1. The van der Waals surface area contributed by atoms with Crippen LogP contribution in [-0.4, -0.2) is 31.3 Å². The van der Waals surface area contributed by atoms with Crippen molar-refractivity contribution in [2.45, 2.75) is 11.8 Å². The molecule has 1 aliphatic rings. The first-order chi connectivity index (χ1) is 15.4. The van der Waals surface area contributed by atoms with Gasteiger partial charge in [-0.2, -0.15) is 10.5 Å². The predicted molar refractivity (Wildman–Crippen MR) is 109 cm³/mol. The van der Waals surface area contributed by atoms with E-state index in [2.05, 4.69) is 0 Å². The van der Waals surface area contributed by atoms with Crippen LogP contribution in [0.3, 0.4) is 0 Å². The summed E-state index contributed by atoms with van der Waals surface area (Å²) in [5.41, 5.74) is -1.79. The van der Waals surface area contributed by atoms with Crippen LogP contribution in [0.1, 0.15) is 23.0 Å². The van der Waals surface area contributed by atoms with Gasteiger partial charge in [0, 0.05) is 5.92 Å². The Hall–Kier alpha value is -4.17. The Labute approximate surface area is 183 Å². The Morgan fingerprint density at radius 3 is 2.06 bits per heavy atom. The molecule has 0 heterocycles. The molecule has 0 saturated heterocycles. The van der Waals surface area contributed by atoms with Gasteiger partial charge in [-0.25, -0.2) is 9.18 Å². The van der Waals surface area contributed by atoms with Crippen LogP contribution in [0, 0.1) is 39.8 Å². The van der Waals surface area contributed by atoms with E-state index in [0.29, 0.717) is 5.56 Å². The number of carbonyl (C=O) groups is 2. The molecule has 0 bridgehead atoms. The van der Waals surface area contributed by atoms with Gasteiger partial charge in [-0.1, -0.05) is 42.5 Å². The van der Waals surface area contributed by atoms with Crippen LogP contribution in [0.25, 0.3) is 0 Å². The monoisotopic (exact) mass is 434 g/mol. The molecule has 0 spiro atoms. The third-order valence-corrected chi connectivity index (χ3v) is 5.73. The van der Waals surface area contributed by atoms with Crippen LogP contribution in [0.4, 0.5) is 4.39 Å². The van der Waals surface area contributed by atoms with E-state index >= 15 is 0 Å². The average Bonchev–Trinajstić information content (AvgIpc) is 2.83. The lowest BCUT2D eigenvalue weighted by Gasteiger charge is -2.44. The first kappa shape index (κ1) is 22.5. The summed E-state index contributed by atoms with van der Waals surface area (Å²) in [5, 5.41) is 31.8. The third kappa shape index (κ3) is 3.46. The van der Waals surface area contributed by atoms with Crippen molar-refractivity contribution in [1.29, 1.82) is 10.5 Å². The zero-order valence-corrected chi connectivity index (χ0v) is 17.3. The van der Waals surface area contributed by atoms with E-state index < -0.39 is 46.7 Å². The molecule has 0 fully saturated rings. The van der Waals surface area contributed by atoms with Crippen molar-refractivity contribution in [3.63, 3.8) is 0 Å². The summed E-state index contributed by atoms with van der Waals surface area (Å²) in [5.74, 6) is -7.27. The summed E-state index contributed by atoms with van der Waals surface area (Å²) < 4.78 is 23.3. The highest BCUT2D eigenvalue weighted by Gasteiger charge is 2.61. The number of benzene rings is 2. The van der Waals surface area contributed by atoms with Crippen LogP contribution in [0.15, 0.2) is 65.9 Å². The van der Waals surface area contributed by atoms with Gasteiger partial charge in [-0.3, -0.25) is 4.79 Å². The Kier molecular flexibility index (Phi) is 6.27. The summed E-state index contributed by atoms with van der Waals surface area (Å²) in [7, 11) is 2.17. The number of aliphatic hydroxyl groups excluding tert-OH is 1. The molecule has 0 saturated carbocycles. The number of carbonyl (C=O) groups excluding carboxylic acids is 2. The number of esters is 2. The van der Waals surface area contributed by atoms with Gasteiger partial charge < -0.3 is 14.6 Å². The second kappa shape index (κ2) is 8.91. The number of methoxy groups -OCH3 is 2. The lowest BCUT2D eigenvalue weighted by molar-refractivity contribution is -0.147. The maximum absolute atomic E-state index is 13.6. The molecule has 3 rings (SSSR count). The minimum absolute atomic E-state index is 0.251. The maximum Gasteiger partial charge on any atom is 0.337 e. The second-order valence-electron chi connectivity index (χ2n) is 7.26. The third-order valence-electron chi connectivity index (χ3n) is 5.73. The number of nitriles is 2. The number of aliphatic hydroxyl groups is 1. The highest BCUT2D eigenvalue weighted by molar-refractivity contribution is 5.94. The minimum atomic E-state index is -2.05. The fraction of sp³-hybridized carbons (Fsp3) is 0.250. The standard InChI is InChI=1S/C24H19FN2O5/c1-31-22(29)17-19(14-6-4-3-5-7-14)24(12-26,13-27)20(15-8-10-16(25)11-9-15)18(21(17)28)23(30)32-2/h3-11,18-20,28H,1-2H3. The summed E-state index contributed by atoms with van der Waals surface area (Å²) >= 11 is 0. The molecule has 2 aromatic carbocycles. The summed E-state index contributed by atoms with van der Waals surface area (Å²) in [6.45, 7) is 0. The maximum atomic E-state index is 13.6. The first-order valence-electron chi connectivity index (χ1n) is 9.58. The molecule has 3 unspecified atom stereocenters. The van der Waals surface area contributed by atoms with Crippen LogP contribution in [0.5, 0.6) is 0 Å². The Morgan fingerprint density at radius 1 is 0.969 bits per heavy atom. The Balaban J connectivity index is 2.47. The molecule has 162 valence electrons. The van der Waals surface area contributed by atoms with Crippen LogP contribution >= 0.6 is 0 Å². The smallest absolute Gasteiger partial charge is 0.337 e. The van der Waals surface area contributed by atoms with Crippen LogP contribution in [0.2, 0.25) is 0 Å². The molecule has 32 heavy (non-hydrogen) atoms. The zero-order valence-electron chi connectivity index (χ0n) is 17.3. The van der Waals surface area contributed by atoms with E-state index in [4.69, 9.17) is 9.47 Å². The van der Waals surface area contributed by atoms with Crippen molar-refractivity contribution in [2.24, 2.45) is 11.3 Å². The van der Waals surface area contributed by atoms with E-state index in [1.165, 1.54) is 12.1 Å². The van der Waals surface area contributed by atoms with Crippen molar-refractivity contribution < 1.29 is 28.6 Å². The number of rotatable bonds is 4. The van der Waals surface area contributed by atoms with E-state index in [-0.39, 0.29) is 11.1 Å². The van der Waals surface area contributed by atoms with Crippen molar-refractivity contribution in [3.05, 3.63) is 82.9 Å². The second-order valence-corrected chi connectivity index (χ2v) is 7.26. The average molecular weight is 434 g/mol. The Bertz CT molecular complexity index is 1130. The molecule has 8 heteroatoms. The molecule has 1 N–H and O–H groups in total. The first-order valence-corrected chi connectivity index (χ1v) is 9.58. The molecule has 1 aliphatic carbocycles. The summed E-state index contributed by atoms with van der Waals surface area (Å²) in [4.78, 5) is 25.6. The van der Waals surface area contributed by atoms with Gasteiger partial charge in [-0.15, -0.1) is 0 Å². The van der Waals surface area contributed by atoms with E-state index in [9.17, 15) is 29.6 Å². The quantitative estimate of drug-likeness (QED) is 0.731. The minimum Gasteiger partial charge on any atom is -0.511 e. The van der Waals surface area contributed by atoms with Gasteiger partial charge >= 0.3 is 11.9 Å². The van der Waals surface area contributed by atoms with E-state index in [1.807, 2.05) is 12.1 Å². The van der Waals surface area contributed by atoms with Crippen molar-refractivity contribution in [1.82, 2.24) is 0 Å². The zero-order chi connectivity index (χ0) is 23.5. The van der Waals surface area contributed by atoms with Crippen molar-refractivity contribution in [2.75, 3.05) is 14.2 Å². The molecule has 0 aliphatic heterocycles. The molecular weight excluding hydrogens is 415 g/mol. The number of nitrogens with zero attached hydrogens (tertiary/aromatic N) is 2. The molecule has 0 aromatic heterocycles. The molecule has 0 radical (unpaired) electrons. The fourth-order valence-corrected chi connectivity index (χ4v) is 4.34. The van der Waals surface area contributed by atoms with Gasteiger partial charge in [0.15, 0.2) is 5.41 Å². The molecule has 3 atom stereocenters.